The van der Waals surface area contributed by atoms with Crippen LogP contribution in [-0.2, 0) is 4.79 Å². The quantitative estimate of drug-likeness (QED) is 0.588. The first-order valence-electron chi connectivity index (χ1n) is 4.09. The van der Waals surface area contributed by atoms with Gasteiger partial charge in [-0.2, -0.15) is 0 Å². The van der Waals surface area contributed by atoms with E-state index in [1.807, 2.05) is 0 Å². The third-order valence-corrected chi connectivity index (χ3v) is 1.73. The highest BCUT2D eigenvalue weighted by molar-refractivity contribution is 5.84. The summed E-state index contributed by atoms with van der Waals surface area (Å²) < 4.78 is 4.70. The fraction of sp³-hybridized carbons (Fsp3) is 0.222. The molecule has 0 fully saturated rings. The van der Waals surface area contributed by atoms with Crippen molar-refractivity contribution in [2.75, 3.05) is 0 Å². The second-order valence-electron chi connectivity index (χ2n) is 2.90. The van der Waals surface area contributed by atoms with Crippen LogP contribution in [0.5, 0.6) is 0 Å². The molecule has 0 aliphatic rings. The summed E-state index contributed by atoms with van der Waals surface area (Å²) in [4.78, 5) is 20.6. The third-order valence-electron chi connectivity index (χ3n) is 1.73. The lowest BCUT2D eigenvalue weighted by molar-refractivity contribution is -0.432. The Bertz CT molecular complexity index is 393. The van der Waals surface area contributed by atoms with Crippen molar-refractivity contribution < 1.29 is 19.2 Å². The first kappa shape index (κ1) is 11.1. The van der Waals surface area contributed by atoms with Gasteiger partial charge in [-0.15, -0.1) is 0 Å². The Kier molecular flexibility index (Phi) is 3.35. The second-order valence-corrected chi connectivity index (χ2v) is 2.90. The number of nitro groups is 1. The molecular formula is C9H9NO5. The van der Waals surface area contributed by atoms with Crippen molar-refractivity contribution in [1.82, 2.24) is 0 Å². The summed E-state index contributed by atoms with van der Waals surface area (Å²) in [6.45, 7) is 1.08. The molecule has 1 aromatic rings. The number of rotatable bonds is 4. The highest BCUT2D eigenvalue weighted by Crippen LogP contribution is 2.12. The van der Waals surface area contributed by atoms with Crippen molar-refractivity contribution >= 4 is 11.9 Å². The smallest absolute Gasteiger partial charge is 0.282 e. The molecule has 0 radical (unpaired) electrons. The predicted octanol–water partition coefficient (Wildman–Crippen LogP) is 0.847. The van der Waals surface area contributed by atoms with Crippen LogP contribution >= 0.6 is 0 Å². The van der Waals surface area contributed by atoms with Gasteiger partial charge in [-0.25, -0.2) is 0 Å². The van der Waals surface area contributed by atoms with E-state index in [0.29, 0.717) is 5.56 Å². The molecule has 1 N–H and O–H groups in total. The minimum absolute atomic E-state index is 0.419. The molecule has 0 bridgehead atoms. The Morgan fingerprint density at radius 2 is 2.40 bits per heavy atom. The maximum absolute atomic E-state index is 10.8. The normalized spacial score (nSPS) is 13.6. The molecule has 6 nitrogen and oxygen atoms in total. The lowest BCUT2D eigenvalue weighted by Gasteiger charge is -2.02. The number of ketones is 1. The molecule has 15 heavy (non-hydrogen) atoms. The molecule has 0 aromatic carbocycles. The van der Waals surface area contributed by atoms with E-state index < -0.39 is 22.5 Å². The number of hydrogen-bond acceptors (Lipinski definition) is 5. The average Bonchev–Trinajstić information content (AvgIpc) is 2.64. The van der Waals surface area contributed by atoms with Crippen molar-refractivity contribution in [3.63, 3.8) is 0 Å². The Morgan fingerprint density at radius 1 is 1.73 bits per heavy atom. The summed E-state index contributed by atoms with van der Waals surface area (Å²) in [6.07, 6.45) is 1.99. The maximum atomic E-state index is 10.8. The molecule has 0 saturated carbocycles. The van der Waals surface area contributed by atoms with E-state index in [1.165, 1.54) is 18.6 Å². The number of hydrogen-bond donors (Lipinski definition) is 1. The number of nitrogens with zero attached hydrogens (tertiary/aromatic N) is 1. The Hall–Kier alpha value is -1.95. The minimum Gasteiger partial charge on any atom is -0.472 e. The van der Waals surface area contributed by atoms with Gasteiger partial charge in [-0.1, -0.05) is 0 Å². The standard InChI is InChI=1S/C9H9NO5/c1-6(11)9(12)8(10(13)14)4-7-2-3-15-5-7/h2-5,9,12H,1H3/b8-4+. The van der Waals surface area contributed by atoms with Crippen LogP contribution < -0.4 is 0 Å². The van der Waals surface area contributed by atoms with Gasteiger partial charge in [0.2, 0.25) is 6.10 Å². The fourth-order valence-electron chi connectivity index (χ4n) is 0.968. The van der Waals surface area contributed by atoms with Gasteiger partial charge in [0, 0.05) is 11.6 Å². The molecule has 1 unspecified atom stereocenters. The van der Waals surface area contributed by atoms with Gasteiger partial charge in [0.15, 0.2) is 5.78 Å². The fourth-order valence-corrected chi connectivity index (χ4v) is 0.968. The zero-order chi connectivity index (χ0) is 11.4. The van der Waals surface area contributed by atoms with Crippen LogP contribution in [0.25, 0.3) is 6.08 Å². The summed E-state index contributed by atoms with van der Waals surface area (Å²) in [6, 6.07) is 1.48. The van der Waals surface area contributed by atoms with Gasteiger partial charge in [0.1, 0.15) is 0 Å². The van der Waals surface area contributed by atoms with Crippen LogP contribution in [-0.4, -0.2) is 21.9 Å². The number of carbonyl (C=O) groups is 1. The first-order chi connectivity index (χ1) is 7.02. The van der Waals surface area contributed by atoms with Crippen LogP contribution in [0.15, 0.2) is 28.7 Å². The molecular weight excluding hydrogens is 202 g/mol. The molecule has 6 heteroatoms. The van der Waals surface area contributed by atoms with E-state index in [1.54, 1.807) is 0 Å². The molecule has 1 atom stereocenters. The van der Waals surface area contributed by atoms with E-state index in [9.17, 15) is 20.0 Å². The predicted molar refractivity (Wildman–Crippen MR) is 50.4 cm³/mol. The molecule has 0 aliphatic heterocycles. The monoisotopic (exact) mass is 211 g/mol. The minimum atomic E-state index is -1.71. The number of furan rings is 1. The van der Waals surface area contributed by atoms with Gasteiger partial charge in [0.25, 0.3) is 5.70 Å². The van der Waals surface area contributed by atoms with Gasteiger partial charge in [-0.3, -0.25) is 14.9 Å². The van der Waals surface area contributed by atoms with Crippen molar-refractivity contribution in [3.05, 3.63) is 40.0 Å². The summed E-state index contributed by atoms with van der Waals surface area (Å²) in [5.74, 6) is -0.679. The molecule has 1 rings (SSSR count). The maximum Gasteiger partial charge on any atom is 0.282 e. The highest BCUT2D eigenvalue weighted by atomic mass is 16.6. The highest BCUT2D eigenvalue weighted by Gasteiger charge is 2.26. The van der Waals surface area contributed by atoms with Crippen molar-refractivity contribution in [3.8, 4) is 0 Å². The largest absolute Gasteiger partial charge is 0.472 e. The molecule has 0 aliphatic carbocycles. The number of carbonyl (C=O) groups excluding carboxylic acids is 1. The van der Waals surface area contributed by atoms with Gasteiger partial charge < -0.3 is 9.52 Å². The zero-order valence-corrected chi connectivity index (χ0v) is 7.91. The molecule has 1 aromatic heterocycles. The first-order valence-corrected chi connectivity index (χ1v) is 4.09. The number of aliphatic hydroxyl groups is 1. The van der Waals surface area contributed by atoms with E-state index >= 15 is 0 Å². The second kappa shape index (κ2) is 4.52. The Morgan fingerprint density at radius 3 is 2.80 bits per heavy atom. The third kappa shape index (κ3) is 2.75. The number of Topliss-reactive ketones (excluding diaryl/α,β-unsaturated/α-hetero) is 1. The molecule has 0 saturated heterocycles. The van der Waals surface area contributed by atoms with Crippen LogP contribution in [0.2, 0.25) is 0 Å². The summed E-state index contributed by atoms with van der Waals surface area (Å²) in [5, 5.41) is 19.8. The van der Waals surface area contributed by atoms with E-state index in [2.05, 4.69) is 0 Å². The van der Waals surface area contributed by atoms with Crippen molar-refractivity contribution in [2.45, 2.75) is 13.0 Å². The number of aliphatic hydroxyl groups excluding tert-OH is 1. The summed E-state index contributed by atoms with van der Waals surface area (Å²) in [5.41, 5.74) is -0.147. The molecule has 0 spiro atoms. The SMILES string of the molecule is CC(=O)C(O)/C(=C\c1ccoc1)[N+](=O)[O-]. The zero-order valence-electron chi connectivity index (χ0n) is 7.91. The van der Waals surface area contributed by atoms with Gasteiger partial charge in [0.05, 0.1) is 17.4 Å². The lowest BCUT2D eigenvalue weighted by Crippen LogP contribution is -2.24. The Balaban J connectivity index is 3.03. The summed E-state index contributed by atoms with van der Waals surface area (Å²) in [7, 11) is 0. The molecule has 1 heterocycles. The van der Waals surface area contributed by atoms with E-state index in [-0.39, 0.29) is 0 Å². The topological polar surface area (TPSA) is 93.6 Å². The average molecular weight is 211 g/mol. The van der Waals surface area contributed by atoms with Crippen LogP contribution in [0, 0.1) is 10.1 Å². The van der Waals surface area contributed by atoms with Crippen molar-refractivity contribution in [1.29, 1.82) is 0 Å². The van der Waals surface area contributed by atoms with E-state index in [4.69, 9.17) is 4.42 Å². The molecule has 80 valence electrons. The van der Waals surface area contributed by atoms with Gasteiger partial charge >= 0.3 is 0 Å². The van der Waals surface area contributed by atoms with E-state index in [0.717, 1.165) is 13.0 Å². The Labute approximate surface area is 85.0 Å². The van der Waals surface area contributed by atoms with Crippen LogP contribution in [0.4, 0.5) is 0 Å². The van der Waals surface area contributed by atoms with Crippen LogP contribution in [0.1, 0.15) is 12.5 Å². The van der Waals surface area contributed by atoms with Crippen LogP contribution in [0.3, 0.4) is 0 Å². The summed E-state index contributed by atoms with van der Waals surface area (Å²) >= 11 is 0. The van der Waals surface area contributed by atoms with Gasteiger partial charge in [-0.05, 0) is 13.0 Å². The van der Waals surface area contributed by atoms with Crippen molar-refractivity contribution in [2.24, 2.45) is 0 Å². The lowest BCUT2D eigenvalue weighted by atomic mass is 10.1. The molecule has 0 amide bonds.